The Morgan fingerprint density at radius 3 is 2.40 bits per heavy atom. The minimum absolute atomic E-state index is 0.155. The van der Waals surface area contributed by atoms with E-state index in [1.54, 1.807) is 18.9 Å². The molecule has 0 radical (unpaired) electrons. The van der Waals surface area contributed by atoms with Gasteiger partial charge in [-0.15, -0.1) is 11.8 Å². The van der Waals surface area contributed by atoms with Crippen LogP contribution in [-0.2, 0) is 0 Å². The van der Waals surface area contributed by atoms with Gasteiger partial charge in [-0.3, -0.25) is 4.79 Å². The maximum Gasteiger partial charge on any atom is 0.173 e. The molecule has 0 heterocycles. The first kappa shape index (κ1) is 14.7. The SMILES string of the molecule is COc1ccc(C(=O)CSc2ccccc2)c(C)c1C. The average Bonchev–Trinajstić information content (AvgIpc) is 2.48. The summed E-state index contributed by atoms with van der Waals surface area (Å²) in [6.45, 7) is 3.95. The predicted molar refractivity (Wildman–Crippen MR) is 84.0 cm³/mol. The van der Waals surface area contributed by atoms with Crippen molar-refractivity contribution in [1.82, 2.24) is 0 Å². The van der Waals surface area contributed by atoms with Gasteiger partial charge in [-0.05, 0) is 49.2 Å². The Hall–Kier alpha value is -1.74. The fourth-order valence-electron chi connectivity index (χ4n) is 2.06. The summed E-state index contributed by atoms with van der Waals surface area (Å²) in [6.07, 6.45) is 0. The van der Waals surface area contributed by atoms with Gasteiger partial charge in [0.25, 0.3) is 0 Å². The van der Waals surface area contributed by atoms with Crippen molar-refractivity contribution in [2.24, 2.45) is 0 Å². The normalized spacial score (nSPS) is 10.3. The first-order valence-electron chi connectivity index (χ1n) is 6.48. The van der Waals surface area contributed by atoms with Gasteiger partial charge < -0.3 is 4.74 Å². The van der Waals surface area contributed by atoms with Crippen LogP contribution in [0.3, 0.4) is 0 Å². The Labute approximate surface area is 124 Å². The zero-order valence-electron chi connectivity index (χ0n) is 12.0. The van der Waals surface area contributed by atoms with E-state index in [4.69, 9.17) is 4.74 Å². The zero-order chi connectivity index (χ0) is 14.5. The van der Waals surface area contributed by atoms with Crippen LogP contribution < -0.4 is 4.74 Å². The van der Waals surface area contributed by atoms with Crippen LogP contribution in [0, 0.1) is 13.8 Å². The Kier molecular flexibility index (Phi) is 4.85. The lowest BCUT2D eigenvalue weighted by molar-refractivity contribution is 0.102. The van der Waals surface area contributed by atoms with E-state index in [1.165, 1.54) is 0 Å². The van der Waals surface area contributed by atoms with Gasteiger partial charge in [-0.1, -0.05) is 18.2 Å². The van der Waals surface area contributed by atoms with Crippen molar-refractivity contribution >= 4 is 17.5 Å². The van der Waals surface area contributed by atoms with E-state index in [0.717, 1.165) is 27.3 Å². The molecule has 0 aliphatic heterocycles. The van der Waals surface area contributed by atoms with Crippen molar-refractivity contribution in [1.29, 1.82) is 0 Å². The monoisotopic (exact) mass is 286 g/mol. The van der Waals surface area contributed by atoms with Crippen LogP contribution in [0.25, 0.3) is 0 Å². The summed E-state index contributed by atoms with van der Waals surface area (Å²) in [5, 5.41) is 0. The van der Waals surface area contributed by atoms with Crippen molar-refractivity contribution in [2.75, 3.05) is 12.9 Å². The summed E-state index contributed by atoms with van der Waals surface area (Å²) in [4.78, 5) is 13.4. The van der Waals surface area contributed by atoms with Crippen LogP contribution in [0.1, 0.15) is 21.5 Å². The molecule has 2 aromatic carbocycles. The highest BCUT2D eigenvalue weighted by Crippen LogP contribution is 2.26. The van der Waals surface area contributed by atoms with E-state index >= 15 is 0 Å². The number of rotatable bonds is 5. The Morgan fingerprint density at radius 1 is 1.05 bits per heavy atom. The summed E-state index contributed by atoms with van der Waals surface area (Å²) in [5.74, 6) is 1.44. The molecule has 0 aliphatic rings. The summed E-state index contributed by atoms with van der Waals surface area (Å²) in [6, 6.07) is 13.7. The Balaban J connectivity index is 2.12. The van der Waals surface area contributed by atoms with Gasteiger partial charge in [0.2, 0.25) is 0 Å². The summed E-state index contributed by atoms with van der Waals surface area (Å²) in [5.41, 5.74) is 2.82. The fourth-order valence-corrected chi connectivity index (χ4v) is 2.87. The molecule has 2 aromatic rings. The van der Waals surface area contributed by atoms with Crippen molar-refractivity contribution in [3.8, 4) is 5.75 Å². The summed E-state index contributed by atoms with van der Waals surface area (Å²) < 4.78 is 5.27. The molecule has 2 rings (SSSR count). The van der Waals surface area contributed by atoms with E-state index in [-0.39, 0.29) is 5.78 Å². The number of carbonyl (C=O) groups excluding carboxylic acids is 1. The molecule has 0 aromatic heterocycles. The largest absolute Gasteiger partial charge is 0.496 e. The number of hydrogen-bond acceptors (Lipinski definition) is 3. The molecule has 0 unspecified atom stereocenters. The van der Waals surface area contributed by atoms with E-state index < -0.39 is 0 Å². The van der Waals surface area contributed by atoms with E-state index in [9.17, 15) is 4.79 Å². The minimum Gasteiger partial charge on any atom is -0.496 e. The number of thioether (sulfide) groups is 1. The van der Waals surface area contributed by atoms with Crippen LogP contribution in [0.5, 0.6) is 5.75 Å². The molecular weight excluding hydrogens is 268 g/mol. The third-order valence-corrected chi connectivity index (χ3v) is 4.38. The molecule has 3 heteroatoms. The number of benzene rings is 2. The smallest absolute Gasteiger partial charge is 0.173 e. The molecule has 0 atom stereocenters. The van der Waals surface area contributed by atoms with E-state index in [0.29, 0.717) is 5.75 Å². The lowest BCUT2D eigenvalue weighted by Crippen LogP contribution is -2.06. The second-order valence-corrected chi connectivity index (χ2v) is 5.64. The molecule has 20 heavy (non-hydrogen) atoms. The summed E-state index contributed by atoms with van der Waals surface area (Å²) in [7, 11) is 1.65. The first-order valence-corrected chi connectivity index (χ1v) is 7.47. The standard InChI is InChI=1S/C17H18O2S/c1-12-13(2)17(19-3)10-9-15(12)16(18)11-20-14-7-5-4-6-8-14/h4-10H,11H2,1-3H3. The highest BCUT2D eigenvalue weighted by molar-refractivity contribution is 8.00. The lowest BCUT2D eigenvalue weighted by Gasteiger charge is -2.11. The van der Waals surface area contributed by atoms with Crippen LogP contribution in [-0.4, -0.2) is 18.6 Å². The molecule has 0 saturated heterocycles. The third-order valence-electron chi connectivity index (χ3n) is 3.37. The maximum atomic E-state index is 12.3. The topological polar surface area (TPSA) is 26.3 Å². The molecule has 0 bridgehead atoms. The van der Waals surface area contributed by atoms with Crippen LogP contribution in [0.15, 0.2) is 47.4 Å². The van der Waals surface area contributed by atoms with Crippen LogP contribution >= 0.6 is 11.8 Å². The lowest BCUT2D eigenvalue weighted by atomic mass is 10.00. The first-order chi connectivity index (χ1) is 9.63. The predicted octanol–water partition coefficient (Wildman–Crippen LogP) is 4.29. The Bertz CT molecular complexity index is 606. The van der Waals surface area contributed by atoms with E-state index in [1.807, 2.05) is 56.3 Å². The van der Waals surface area contributed by atoms with Gasteiger partial charge in [0.15, 0.2) is 5.78 Å². The molecule has 0 spiro atoms. The van der Waals surface area contributed by atoms with Crippen molar-refractivity contribution in [2.45, 2.75) is 18.7 Å². The molecule has 0 N–H and O–H groups in total. The number of ether oxygens (including phenoxy) is 1. The molecule has 0 amide bonds. The molecular formula is C17H18O2S. The highest BCUT2D eigenvalue weighted by atomic mass is 32.2. The number of methoxy groups -OCH3 is 1. The van der Waals surface area contributed by atoms with Gasteiger partial charge in [0, 0.05) is 10.5 Å². The van der Waals surface area contributed by atoms with Crippen LogP contribution in [0.4, 0.5) is 0 Å². The van der Waals surface area contributed by atoms with Gasteiger partial charge in [0.05, 0.1) is 12.9 Å². The third kappa shape index (κ3) is 3.23. The number of ketones is 1. The maximum absolute atomic E-state index is 12.3. The molecule has 0 aliphatic carbocycles. The van der Waals surface area contributed by atoms with Gasteiger partial charge in [-0.2, -0.15) is 0 Å². The second kappa shape index (κ2) is 6.62. The quantitative estimate of drug-likeness (QED) is 0.606. The van der Waals surface area contributed by atoms with Gasteiger partial charge >= 0.3 is 0 Å². The van der Waals surface area contributed by atoms with Crippen molar-refractivity contribution in [3.05, 3.63) is 59.2 Å². The molecule has 104 valence electrons. The van der Waals surface area contributed by atoms with Gasteiger partial charge in [-0.25, -0.2) is 0 Å². The number of Topliss-reactive ketones (excluding diaryl/α,β-unsaturated/α-hetero) is 1. The average molecular weight is 286 g/mol. The van der Waals surface area contributed by atoms with Gasteiger partial charge in [0.1, 0.15) is 5.75 Å². The van der Waals surface area contributed by atoms with Crippen molar-refractivity contribution in [3.63, 3.8) is 0 Å². The number of carbonyl (C=O) groups is 1. The molecule has 0 fully saturated rings. The minimum atomic E-state index is 0.155. The number of hydrogen-bond donors (Lipinski definition) is 0. The Morgan fingerprint density at radius 2 is 1.75 bits per heavy atom. The second-order valence-electron chi connectivity index (χ2n) is 4.59. The van der Waals surface area contributed by atoms with Crippen molar-refractivity contribution < 1.29 is 9.53 Å². The highest BCUT2D eigenvalue weighted by Gasteiger charge is 2.13. The molecule has 0 saturated carbocycles. The molecule has 2 nitrogen and oxygen atoms in total. The zero-order valence-corrected chi connectivity index (χ0v) is 12.8. The summed E-state index contributed by atoms with van der Waals surface area (Å²) >= 11 is 1.57. The van der Waals surface area contributed by atoms with E-state index in [2.05, 4.69) is 0 Å². The fraction of sp³-hybridized carbons (Fsp3) is 0.235. The van der Waals surface area contributed by atoms with Crippen LogP contribution in [0.2, 0.25) is 0 Å².